The van der Waals surface area contributed by atoms with Crippen LogP contribution in [0.1, 0.15) is 53.0 Å². The third-order valence-electron chi connectivity index (χ3n) is 5.81. The van der Waals surface area contributed by atoms with Crippen LogP contribution in [-0.2, 0) is 0 Å². The van der Waals surface area contributed by atoms with E-state index in [0.29, 0.717) is 17.0 Å². The summed E-state index contributed by atoms with van der Waals surface area (Å²) in [6.45, 7) is 6.51. The van der Waals surface area contributed by atoms with Crippen molar-refractivity contribution in [3.63, 3.8) is 0 Å². The van der Waals surface area contributed by atoms with Crippen LogP contribution in [0.3, 0.4) is 0 Å². The molecule has 0 bridgehead atoms. The Hall–Kier alpha value is -2.94. The highest BCUT2D eigenvalue weighted by atomic mass is 16.2. The molecule has 1 aromatic carbocycles. The molecule has 0 unspecified atom stereocenters. The Morgan fingerprint density at radius 3 is 2.45 bits per heavy atom. The number of benzene rings is 1. The van der Waals surface area contributed by atoms with E-state index in [1.807, 2.05) is 26.0 Å². The van der Waals surface area contributed by atoms with Crippen molar-refractivity contribution in [3.8, 4) is 6.07 Å². The monoisotopic (exact) mass is 389 g/mol. The molecule has 6 nitrogen and oxygen atoms in total. The minimum Gasteiger partial charge on any atom is -0.341 e. The molecule has 1 aromatic heterocycles. The van der Waals surface area contributed by atoms with Crippen LogP contribution in [0.4, 0.5) is 5.95 Å². The predicted octanol–water partition coefficient (Wildman–Crippen LogP) is 3.49. The largest absolute Gasteiger partial charge is 0.341 e. The van der Waals surface area contributed by atoms with E-state index in [1.165, 1.54) is 12.8 Å². The van der Waals surface area contributed by atoms with Crippen molar-refractivity contribution in [2.75, 3.05) is 24.5 Å². The molecule has 150 valence electrons. The first-order valence-corrected chi connectivity index (χ1v) is 10.4. The maximum atomic E-state index is 13.3. The fraction of sp³-hybridized carbons (Fsp3) is 0.478. The topological polar surface area (TPSA) is 73.1 Å². The Morgan fingerprint density at radius 2 is 1.83 bits per heavy atom. The van der Waals surface area contributed by atoms with Crippen LogP contribution >= 0.6 is 0 Å². The van der Waals surface area contributed by atoms with Crippen molar-refractivity contribution in [3.05, 3.63) is 52.8 Å². The molecule has 2 aliphatic rings. The van der Waals surface area contributed by atoms with Crippen molar-refractivity contribution in [2.24, 2.45) is 5.92 Å². The van der Waals surface area contributed by atoms with E-state index in [2.05, 4.69) is 25.8 Å². The van der Waals surface area contributed by atoms with Crippen molar-refractivity contribution in [1.29, 1.82) is 5.26 Å². The van der Waals surface area contributed by atoms with Gasteiger partial charge in [0.05, 0.1) is 11.6 Å². The number of rotatable bonds is 5. The van der Waals surface area contributed by atoms with Gasteiger partial charge in [-0.1, -0.05) is 6.07 Å². The number of hydrogen-bond donors (Lipinski definition) is 0. The van der Waals surface area contributed by atoms with Gasteiger partial charge in [0.25, 0.3) is 5.91 Å². The molecule has 1 aliphatic heterocycles. The molecule has 2 fully saturated rings. The Kier molecular flexibility index (Phi) is 5.48. The molecule has 1 saturated carbocycles. The molecule has 1 saturated heterocycles. The summed E-state index contributed by atoms with van der Waals surface area (Å²) in [4.78, 5) is 26.8. The summed E-state index contributed by atoms with van der Waals surface area (Å²) in [5.41, 5.74) is 3.11. The van der Waals surface area contributed by atoms with Gasteiger partial charge in [0.1, 0.15) is 0 Å². The Balaban J connectivity index is 1.48. The summed E-state index contributed by atoms with van der Waals surface area (Å²) in [6.07, 6.45) is 4.23. The van der Waals surface area contributed by atoms with Gasteiger partial charge in [0.2, 0.25) is 5.95 Å². The molecule has 0 spiro atoms. The molecular weight excluding hydrogens is 362 g/mol. The lowest BCUT2D eigenvalue weighted by Crippen LogP contribution is -2.48. The third kappa shape index (κ3) is 4.56. The third-order valence-corrected chi connectivity index (χ3v) is 5.81. The minimum absolute atomic E-state index is 0.0510. The number of anilines is 1. The minimum atomic E-state index is 0.0510. The van der Waals surface area contributed by atoms with E-state index >= 15 is 0 Å². The number of hydrogen-bond acceptors (Lipinski definition) is 5. The number of amides is 1. The van der Waals surface area contributed by atoms with Crippen LogP contribution in [0, 0.1) is 31.1 Å². The lowest BCUT2D eigenvalue weighted by atomic mass is 10.0. The highest BCUT2D eigenvalue weighted by molar-refractivity contribution is 5.94. The van der Waals surface area contributed by atoms with Gasteiger partial charge in [-0.3, -0.25) is 4.79 Å². The van der Waals surface area contributed by atoms with Crippen LogP contribution in [0.15, 0.2) is 30.3 Å². The first-order chi connectivity index (χ1) is 14.0. The number of carbonyl (C=O) groups excluding carboxylic acids is 1. The molecular formula is C23H27N5O. The first-order valence-electron chi connectivity index (χ1n) is 10.4. The molecule has 29 heavy (non-hydrogen) atoms. The second-order valence-corrected chi connectivity index (χ2v) is 8.26. The van der Waals surface area contributed by atoms with Gasteiger partial charge < -0.3 is 9.80 Å². The summed E-state index contributed by atoms with van der Waals surface area (Å²) >= 11 is 0. The van der Waals surface area contributed by atoms with Crippen molar-refractivity contribution < 1.29 is 4.79 Å². The Labute approximate surface area is 172 Å². The van der Waals surface area contributed by atoms with E-state index in [9.17, 15) is 10.1 Å². The molecule has 6 heteroatoms. The van der Waals surface area contributed by atoms with Gasteiger partial charge in [-0.25, -0.2) is 9.97 Å². The summed E-state index contributed by atoms with van der Waals surface area (Å²) in [6, 6.07) is 11.4. The van der Waals surface area contributed by atoms with E-state index < -0.39 is 0 Å². The zero-order valence-electron chi connectivity index (χ0n) is 17.1. The summed E-state index contributed by atoms with van der Waals surface area (Å²) in [5.74, 6) is 1.47. The molecule has 1 amide bonds. The number of nitrogens with zero attached hydrogens (tertiary/aromatic N) is 5. The molecule has 0 atom stereocenters. The normalized spacial score (nSPS) is 17.1. The average Bonchev–Trinajstić information content (AvgIpc) is 3.55. The van der Waals surface area contributed by atoms with Gasteiger partial charge in [-0.2, -0.15) is 5.26 Å². The van der Waals surface area contributed by atoms with Crippen molar-refractivity contribution >= 4 is 11.9 Å². The highest BCUT2D eigenvalue weighted by Gasteiger charge is 2.34. The van der Waals surface area contributed by atoms with Crippen LogP contribution < -0.4 is 4.90 Å². The van der Waals surface area contributed by atoms with Crippen LogP contribution in [0.25, 0.3) is 0 Å². The molecule has 0 N–H and O–H groups in total. The fourth-order valence-corrected chi connectivity index (χ4v) is 4.09. The molecule has 2 heterocycles. The number of aromatic nitrogens is 2. The molecule has 4 rings (SSSR count). The quantitative estimate of drug-likeness (QED) is 0.783. The average molecular weight is 390 g/mol. The van der Waals surface area contributed by atoms with Crippen molar-refractivity contribution in [2.45, 2.75) is 45.6 Å². The second kappa shape index (κ2) is 8.20. The van der Waals surface area contributed by atoms with Gasteiger partial charge in [0.15, 0.2) is 0 Å². The molecule has 0 radical (unpaired) electrons. The van der Waals surface area contributed by atoms with Gasteiger partial charge in [0, 0.05) is 42.6 Å². The molecule has 2 aromatic rings. The van der Waals surface area contributed by atoms with Crippen LogP contribution in [0.2, 0.25) is 0 Å². The lowest BCUT2D eigenvalue weighted by Gasteiger charge is -2.39. The molecule has 1 aliphatic carbocycles. The SMILES string of the molecule is Cc1cc(C)nc(N2CCC(N(CC3CC3)C(=O)c3cccc(C#N)c3)CC2)n1. The summed E-state index contributed by atoms with van der Waals surface area (Å²) in [7, 11) is 0. The highest BCUT2D eigenvalue weighted by Crippen LogP contribution is 2.32. The lowest BCUT2D eigenvalue weighted by molar-refractivity contribution is 0.0638. The van der Waals surface area contributed by atoms with Crippen LogP contribution in [0.5, 0.6) is 0 Å². The number of carbonyl (C=O) groups is 1. The standard InChI is InChI=1S/C23H27N5O/c1-16-12-17(2)26-23(25-16)27-10-8-21(9-11-27)28(15-18-6-7-18)22(29)20-5-3-4-19(13-20)14-24/h3-5,12-13,18,21H,6-11,15H2,1-2H3. The smallest absolute Gasteiger partial charge is 0.254 e. The van der Waals surface area contributed by atoms with E-state index in [1.54, 1.807) is 18.2 Å². The number of piperidine rings is 1. The van der Waals surface area contributed by atoms with Crippen LogP contribution in [-0.4, -0.2) is 46.5 Å². The maximum absolute atomic E-state index is 13.3. The van der Waals surface area contributed by atoms with E-state index in [-0.39, 0.29) is 11.9 Å². The van der Waals surface area contributed by atoms with E-state index in [0.717, 1.165) is 49.8 Å². The number of nitriles is 1. The summed E-state index contributed by atoms with van der Waals surface area (Å²) < 4.78 is 0. The second-order valence-electron chi connectivity index (χ2n) is 8.26. The summed E-state index contributed by atoms with van der Waals surface area (Å²) in [5, 5.41) is 9.17. The van der Waals surface area contributed by atoms with Gasteiger partial charge in [-0.05, 0) is 69.7 Å². The van der Waals surface area contributed by atoms with E-state index in [4.69, 9.17) is 0 Å². The maximum Gasteiger partial charge on any atom is 0.254 e. The number of aryl methyl sites for hydroxylation is 2. The fourth-order valence-electron chi connectivity index (χ4n) is 4.09. The first kappa shape index (κ1) is 19.4. The van der Waals surface area contributed by atoms with Crippen molar-refractivity contribution in [1.82, 2.24) is 14.9 Å². The zero-order valence-corrected chi connectivity index (χ0v) is 17.1. The Morgan fingerprint density at radius 1 is 1.14 bits per heavy atom. The van der Waals surface area contributed by atoms with Gasteiger partial charge in [-0.15, -0.1) is 0 Å². The van der Waals surface area contributed by atoms with Gasteiger partial charge >= 0.3 is 0 Å². The predicted molar refractivity (Wildman–Crippen MR) is 112 cm³/mol. The Bertz CT molecular complexity index is 918. The zero-order chi connectivity index (χ0) is 20.4.